The fraction of sp³-hybridized carbons (Fsp3) is 0.429. The molecule has 7 nitrogen and oxygen atoms in total. The third kappa shape index (κ3) is 5.68. The Bertz CT molecular complexity index is 1470. The monoisotopic (exact) mass is 568 g/mol. The summed E-state index contributed by atoms with van der Waals surface area (Å²) < 4.78 is 13.4. The first-order valence-electron chi connectivity index (χ1n) is 15.4. The van der Waals surface area contributed by atoms with Crippen LogP contribution in [-0.4, -0.2) is 79.5 Å². The van der Waals surface area contributed by atoms with Crippen LogP contribution >= 0.6 is 0 Å². The number of likely N-dealkylation sites (N-methyl/N-ethyl adjacent to an activating group) is 1. The van der Waals surface area contributed by atoms with E-state index in [4.69, 9.17) is 9.47 Å². The van der Waals surface area contributed by atoms with E-state index in [2.05, 4.69) is 93.1 Å². The van der Waals surface area contributed by atoms with Crippen LogP contribution in [0.25, 0.3) is 10.8 Å². The molecule has 1 atom stereocenters. The summed E-state index contributed by atoms with van der Waals surface area (Å²) in [6.45, 7) is 10.5. The molecule has 0 bridgehead atoms. The molecule has 0 spiro atoms. The lowest BCUT2D eigenvalue weighted by Gasteiger charge is -2.37. The highest BCUT2D eigenvalue weighted by Crippen LogP contribution is 2.44. The number of methoxy groups -OCH3 is 2. The Hall–Kier alpha value is -3.68. The van der Waals surface area contributed by atoms with E-state index in [0.29, 0.717) is 23.3 Å². The molecule has 3 aromatic carbocycles. The quantitative estimate of drug-likeness (QED) is 0.267. The molecule has 2 fully saturated rings. The molecule has 4 aromatic rings. The van der Waals surface area contributed by atoms with Crippen LogP contribution in [0.2, 0.25) is 0 Å². The van der Waals surface area contributed by atoms with E-state index in [1.807, 2.05) is 6.07 Å². The number of rotatable bonds is 9. The molecule has 1 aromatic heterocycles. The maximum absolute atomic E-state index is 11.8. The lowest BCUT2D eigenvalue weighted by atomic mass is 9.84. The highest BCUT2D eigenvalue weighted by molar-refractivity contribution is 5.98. The molecule has 0 amide bonds. The van der Waals surface area contributed by atoms with Gasteiger partial charge in [-0.15, -0.1) is 0 Å². The van der Waals surface area contributed by atoms with Gasteiger partial charge in [0.25, 0.3) is 0 Å². The lowest BCUT2D eigenvalue weighted by molar-refractivity contribution is 0.151. The van der Waals surface area contributed by atoms with Crippen molar-refractivity contribution in [3.8, 4) is 17.4 Å². The summed E-state index contributed by atoms with van der Waals surface area (Å²) >= 11 is 0. The molecule has 2 saturated heterocycles. The Kier molecular flexibility index (Phi) is 8.58. The minimum atomic E-state index is -0.0270. The van der Waals surface area contributed by atoms with Crippen molar-refractivity contribution >= 4 is 16.5 Å². The highest BCUT2D eigenvalue weighted by Gasteiger charge is 2.32. The van der Waals surface area contributed by atoms with Crippen LogP contribution in [-0.2, 0) is 6.54 Å². The second-order valence-electron chi connectivity index (χ2n) is 11.7. The molecular weight excluding hydrogens is 524 g/mol. The summed E-state index contributed by atoms with van der Waals surface area (Å²) in [5, 5.41) is 13.8. The third-order valence-corrected chi connectivity index (χ3v) is 9.37. The summed E-state index contributed by atoms with van der Waals surface area (Å²) in [5.74, 6) is 2.13. The number of nitrogens with zero attached hydrogens (tertiary/aromatic N) is 4. The van der Waals surface area contributed by atoms with Crippen LogP contribution in [0.3, 0.4) is 0 Å². The van der Waals surface area contributed by atoms with Gasteiger partial charge in [-0.2, -0.15) is 0 Å². The van der Waals surface area contributed by atoms with Crippen LogP contribution < -0.4 is 14.4 Å². The fourth-order valence-electron chi connectivity index (χ4n) is 6.98. The molecular formula is C35H44N4O3. The molecule has 7 heteroatoms. The Morgan fingerprint density at radius 2 is 1.52 bits per heavy atom. The molecule has 0 saturated carbocycles. The summed E-state index contributed by atoms with van der Waals surface area (Å²) in [5.41, 5.74) is 3.69. The van der Waals surface area contributed by atoms with E-state index in [-0.39, 0.29) is 6.04 Å². The van der Waals surface area contributed by atoms with Crippen molar-refractivity contribution in [3.05, 3.63) is 84.1 Å². The summed E-state index contributed by atoms with van der Waals surface area (Å²) in [6.07, 6.45) is 4.29. The number of ether oxygens (including phenoxy) is 2. The second kappa shape index (κ2) is 12.7. The first-order valence-corrected chi connectivity index (χ1v) is 15.4. The van der Waals surface area contributed by atoms with Crippen molar-refractivity contribution in [2.75, 3.05) is 64.9 Å². The van der Waals surface area contributed by atoms with E-state index in [9.17, 15) is 5.11 Å². The zero-order chi connectivity index (χ0) is 29.1. The minimum Gasteiger partial charge on any atom is -0.494 e. The number of aromatic nitrogens is 1. The van der Waals surface area contributed by atoms with Crippen molar-refractivity contribution in [1.29, 1.82) is 0 Å². The topological polar surface area (TPSA) is 53.3 Å². The van der Waals surface area contributed by atoms with Crippen LogP contribution in [0.1, 0.15) is 36.9 Å². The van der Waals surface area contributed by atoms with Gasteiger partial charge in [-0.3, -0.25) is 4.90 Å². The number of hydrogen-bond donors (Lipinski definition) is 1. The lowest BCUT2D eigenvalue weighted by Crippen LogP contribution is -2.46. The zero-order valence-electron chi connectivity index (χ0n) is 25.2. The number of likely N-dealkylation sites (tertiary alicyclic amines) is 1. The molecule has 1 unspecified atom stereocenters. The van der Waals surface area contributed by atoms with Gasteiger partial charge < -0.3 is 28.9 Å². The van der Waals surface area contributed by atoms with Crippen LogP contribution in [0.5, 0.6) is 17.4 Å². The summed E-state index contributed by atoms with van der Waals surface area (Å²) in [7, 11) is 3.36. The number of hydrogen-bond acceptors (Lipinski definition) is 6. The number of aromatic hydroxyl groups is 1. The molecule has 3 heterocycles. The van der Waals surface area contributed by atoms with Gasteiger partial charge in [0.05, 0.1) is 20.3 Å². The number of piperazine rings is 1. The second-order valence-corrected chi connectivity index (χ2v) is 11.7. The smallest absolute Gasteiger partial charge is 0.199 e. The maximum Gasteiger partial charge on any atom is 0.199 e. The van der Waals surface area contributed by atoms with E-state index < -0.39 is 0 Å². The average molecular weight is 569 g/mol. The SMILES string of the molecule is CCN1CCN(c2cccc3c(O)n(C(c4ccc(OC)c(OC)c4)C4CCN(Cc5ccccc5)CC4)cc23)CC1. The van der Waals surface area contributed by atoms with Crippen molar-refractivity contribution in [2.24, 2.45) is 5.92 Å². The Labute approximate surface area is 249 Å². The molecule has 2 aliphatic heterocycles. The predicted octanol–water partition coefficient (Wildman–Crippen LogP) is 6.01. The standard InChI is InChI=1S/C35H44N4O3/c1-4-36-19-21-38(22-20-36)31-12-8-11-29-30(31)25-39(35(29)40)34(28-13-14-32(41-2)33(23-28)42-3)27-15-17-37(18-16-27)24-26-9-6-5-7-10-26/h5-14,23,25,27,34,40H,4,15-22,24H2,1-3H3. The van der Waals surface area contributed by atoms with E-state index in [1.54, 1.807) is 14.2 Å². The van der Waals surface area contributed by atoms with Crippen LogP contribution in [0.4, 0.5) is 5.69 Å². The highest BCUT2D eigenvalue weighted by atomic mass is 16.5. The largest absolute Gasteiger partial charge is 0.494 e. The maximum atomic E-state index is 11.8. The molecule has 42 heavy (non-hydrogen) atoms. The fourth-order valence-corrected chi connectivity index (χ4v) is 6.98. The summed E-state index contributed by atoms with van der Waals surface area (Å²) in [4.78, 5) is 7.53. The van der Waals surface area contributed by atoms with E-state index >= 15 is 0 Å². The molecule has 0 radical (unpaired) electrons. The number of fused-ring (bicyclic) bond motifs is 1. The molecule has 6 rings (SSSR count). The van der Waals surface area contributed by atoms with Gasteiger partial charge >= 0.3 is 0 Å². The predicted molar refractivity (Wildman–Crippen MR) is 170 cm³/mol. The van der Waals surface area contributed by atoms with Gasteiger partial charge in [0.2, 0.25) is 0 Å². The van der Waals surface area contributed by atoms with Gasteiger partial charge in [0.1, 0.15) is 0 Å². The third-order valence-electron chi connectivity index (χ3n) is 9.37. The zero-order valence-corrected chi connectivity index (χ0v) is 25.2. The average Bonchev–Trinajstić information content (AvgIpc) is 3.38. The van der Waals surface area contributed by atoms with E-state index in [1.165, 1.54) is 11.3 Å². The molecule has 1 N–H and O–H groups in total. The van der Waals surface area contributed by atoms with Crippen molar-refractivity contribution < 1.29 is 14.6 Å². The van der Waals surface area contributed by atoms with Crippen molar-refractivity contribution in [2.45, 2.75) is 32.4 Å². The van der Waals surface area contributed by atoms with Gasteiger partial charge in [0, 0.05) is 55.4 Å². The van der Waals surface area contributed by atoms with Crippen molar-refractivity contribution in [1.82, 2.24) is 14.4 Å². The van der Waals surface area contributed by atoms with Gasteiger partial charge in [0.15, 0.2) is 17.4 Å². The number of piperidine rings is 1. The normalized spacial score (nSPS) is 17.9. The first kappa shape index (κ1) is 28.4. The van der Waals surface area contributed by atoms with Crippen LogP contribution in [0, 0.1) is 5.92 Å². The molecule has 222 valence electrons. The number of benzene rings is 3. The summed E-state index contributed by atoms with van der Waals surface area (Å²) in [6, 6.07) is 23.3. The number of anilines is 1. The Balaban J connectivity index is 1.35. The van der Waals surface area contributed by atoms with Gasteiger partial charge in [-0.25, -0.2) is 0 Å². The first-order chi connectivity index (χ1) is 20.6. The Morgan fingerprint density at radius 1 is 0.786 bits per heavy atom. The minimum absolute atomic E-state index is 0.0270. The van der Waals surface area contributed by atoms with Crippen molar-refractivity contribution in [3.63, 3.8) is 0 Å². The molecule has 0 aliphatic carbocycles. The van der Waals surface area contributed by atoms with Crippen LogP contribution in [0.15, 0.2) is 72.9 Å². The molecule has 2 aliphatic rings. The Morgan fingerprint density at radius 3 is 2.21 bits per heavy atom. The van der Waals surface area contributed by atoms with E-state index in [0.717, 1.165) is 81.5 Å². The van der Waals surface area contributed by atoms with Gasteiger partial charge in [-0.05, 0) is 73.8 Å². The van der Waals surface area contributed by atoms with Gasteiger partial charge in [-0.1, -0.05) is 49.4 Å².